The lowest BCUT2D eigenvalue weighted by Crippen LogP contribution is -2.39. The number of hydrogen-bond donors (Lipinski definition) is 0. The van der Waals surface area contributed by atoms with Gasteiger partial charge in [-0.25, -0.2) is 4.79 Å². The van der Waals surface area contributed by atoms with Crippen LogP contribution in [0.5, 0.6) is 0 Å². The molecule has 3 rings (SSSR count). The van der Waals surface area contributed by atoms with Gasteiger partial charge >= 0.3 is 6.09 Å². The maximum atomic E-state index is 11.9. The molecule has 1 fully saturated rings. The highest BCUT2D eigenvalue weighted by Crippen LogP contribution is 2.37. The summed E-state index contributed by atoms with van der Waals surface area (Å²) in [6.45, 7) is 3.02. The maximum Gasteiger partial charge on any atom is 0.414 e. The molecule has 0 bridgehead atoms. The van der Waals surface area contributed by atoms with E-state index in [1.54, 1.807) is 11.2 Å². The summed E-state index contributed by atoms with van der Waals surface area (Å²) in [6.07, 6.45) is 8.54. The third-order valence-electron chi connectivity index (χ3n) is 3.70. The molecule has 4 nitrogen and oxygen atoms in total. The van der Waals surface area contributed by atoms with Crippen molar-refractivity contribution in [3.05, 3.63) is 29.4 Å². The Balaban J connectivity index is 1.91. The quantitative estimate of drug-likeness (QED) is 0.766. The Labute approximate surface area is 106 Å². The Kier molecular flexibility index (Phi) is 2.86. The number of amides is 1. The molecule has 1 unspecified atom stereocenters. The van der Waals surface area contributed by atoms with Gasteiger partial charge < -0.3 is 9.15 Å². The van der Waals surface area contributed by atoms with Crippen LogP contribution in [-0.4, -0.2) is 24.1 Å². The number of ether oxygens (including phenoxy) is 1. The fourth-order valence-electron chi connectivity index (χ4n) is 2.84. The van der Waals surface area contributed by atoms with Crippen molar-refractivity contribution in [1.29, 1.82) is 0 Å². The van der Waals surface area contributed by atoms with Gasteiger partial charge in [0.05, 0.1) is 19.1 Å². The number of likely N-dealkylation sites (tertiary alicyclic amines) is 1. The first-order valence-corrected chi connectivity index (χ1v) is 6.50. The topological polar surface area (TPSA) is 42.7 Å². The normalized spacial score (nSPS) is 21.9. The summed E-state index contributed by atoms with van der Waals surface area (Å²) in [5, 5.41) is 0. The lowest BCUT2D eigenvalue weighted by molar-refractivity contribution is 0.107. The SMILES string of the molecule is CCOC(=O)N1CCCC2Cc3cocc3C=C21. The van der Waals surface area contributed by atoms with Gasteiger partial charge in [0.2, 0.25) is 0 Å². The van der Waals surface area contributed by atoms with Crippen molar-refractivity contribution in [3.8, 4) is 0 Å². The van der Waals surface area contributed by atoms with Crippen LogP contribution in [0.2, 0.25) is 0 Å². The Bertz CT molecular complexity index is 489. The van der Waals surface area contributed by atoms with E-state index < -0.39 is 0 Å². The number of furan rings is 1. The predicted octanol–water partition coefficient (Wildman–Crippen LogP) is 3.05. The zero-order chi connectivity index (χ0) is 12.5. The van der Waals surface area contributed by atoms with Gasteiger partial charge in [-0.1, -0.05) is 0 Å². The minimum absolute atomic E-state index is 0.222. The van der Waals surface area contributed by atoms with Crippen LogP contribution in [0, 0.1) is 5.92 Å². The molecule has 1 aromatic rings. The van der Waals surface area contributed by atoms with Gasteiger partial charge in [-0.15, -0.1) is 0 Å². The summed E-state index contributed by atoms with van der Waals surface area (Å²) < 4.78 is 10.4. The monoisotopic (exact) mass is 247 g/mol. The van der Waals surface area contributed by atoms with E-state index in [2.05, 4.69) is 6.08 Å². The molecule has 96 valence electrons. The lowest BCUT2D eigenvalue weighted by Gasteiger charge is -2.36. The molecule has 2 heterocycles. The van der Waals surface area contributed by atoms with Crippen LogP contribution in [-0.2, 0) is 11.2 Å². The summed E-state index contributed by atoms with van der Waals surface area (Å²) in [6, 6.07) is 0. The molecule has 0 N–H and O–H groups in total. The molecule has 1 aliphatic carbocycles. The summed E-state index contributed by atoms with van der Waals surface area (Å²) in [5.41, 5.74) is 3.43. The van der Waals surface area contributed by atoms with Crippen molar-refractivity contribution in [2.75, 3.05) is 13.2 Å². The number of fused-ring (bicyclic) bond motifs is 2. The summed E-state index contributed by atoms with van der Waals surface area (Å²) in [7, 11) is 0. The number of hydrogen-bond acceptors (Lipinski definition) is 3. The Morgan fingerprint density at radius 3 is 3.28 bits per heavy atom. The number of allylic oxidation sites excluding steroid dienone is 1. The highest BCUT2D eigenvalue weighted by atomic mass is 16.6. The van der Waals surface area contributed by atoms with E-state index in [-0.39, 0.29) is 6.09 Å². The molecule has 1 saturated heterocycles. The van der Waals surface area contributed by atoms with Crippen LogP contribution in [0.25, 0.3) is 6.08 Å². The van der Waals surface area contributed by atoms with E-state index in [0.29, 0.717) is 12.5 Å². The molecule has 2 aliphatic rings. The van der Waals surface area contributed by atoms with Crippen molar-refractivity contribution >= 4 is 12.2 Å². The van der Waals surface area contributed by atoms with Crippen molar-refractivity contribution in [1.82, 2.24) is 4.90 Å². The van der Waals surface area contributed by atoms with E-state index in [9.17, 15) is 4.79 Å². The molecule has 0 radical (unpaired) electrons. The lowest BCUT2D eigenvalue weighted by atomic mass is 9.83. The van der Waals surface area contributed by atoms with E-state index in [1.807, 2.05) is 13.2 Å². The van der Waals surface area contributed by atoms with Crippen molar-refractivity contribution < 1.29 is 13.9 Å². The van der Waals surface area contributed by atoms with Crippen molar-refractivity contribution in [2.45, 2.75) is 26.2 Å². The molecule has 0 spiro atoms. The van der Waals surface area contributed by atoms with Gasteiger partial charge in [0.1, 0.15) is 0 Å². The molecule has 1 amide bonds. The largest absolute Gasteiger partial charge is 0.472 e. The molecule has 18 heavy (non-hydrogen) atoms. The first kappa shape index (κ1) is 11.4. The van der Waals surface area contributed by atoms with Gasteiger partial charge in [0.25, 0.3) is 0 Å². The highest BCUT2D eigenvalue weighted by Gasteiger charge is 2.33. The first-order valence-electron chi connectivity index (χ1n) is 6.50. The van der Waals surface area contributed by atoms with Crippen molar-refractivity contribution in [2.24, 2.45) is 5.92 Å². The third kappa shape index (κ3) is 1.82. The highest BCUT2D eigenvalue weighted by molar-refractivity contribution is 5.73. The maximum absolute atomic E-state index is 11.9. The molecule has 1 aromatic heterocycles. The zero-order valence-corrected chi connectivity index (χ0v) is 10.5. The Hall–Kier alpha value is -1.71. The van der Waals surface area contributed by atoms with Crippen LogP contribution in [0.3, 0.4) is 0 Å². The van der Waals surface area contributed by atoms with Gasteiger partial charge in [-0.2, -0.15) is 0 Å². The Morgan fingerprint density at radius 1 is 1.56 bits per heavy atom. The van der Waals surface area contributed by atoms with Gasteiger partial charge in [0, 0.05) is 23.7 Å². The summed E-state index contributed by atoms with van der Waals surface area (Å²) >= 11 is 0. The van der Waals surface area contributed by atoms with Crippen LogP contribution in [0.15, 0.2) is 22.6 Å². The van der Waals surface area contributed by atoms with Gasteiger partial charge in [-0.05, 0) is 37.8 Å². The average molecular weight is 247 g/mol. The van der Waals surface area contributed by atoms with E-state index in [0.717, 1.165) is 37.1 Å². The fourth-order valence-corrected chi connectivity index (χ4v) is 2.84. The second-order valence-electron chi connectivity index (χ2n) is 4.82. The van der Waals surface area contributed by atoms with Crippen LogP contribution < -0.4 is 0 Å². The van der Waals surface area contributed by atoms with E-state index in [4.69, 9.17) is 9.15 Å². The van der Waals surface area contributed by atoms with Crippen LogP contribution >= 0.6 is 0 Å². The summed E-state index contributed by atoms with van der Waals surface area (Å²) in [5.74, 6) is 0.424. The van der Waals surface area contributed by atoms with Gasteiger partial charge in [0.15, 0.2) is 0 Å². The number of carbonyl (C=O) groups is 1. The zero-order valence-electron chi connectivity index (χ0n) is 10.5. The molecule has 0 saturated carbocycles. The molecule has 1 atom stereocenters. The molecular weight excluding hydrogens is 230 g/mol. The minimum Gasteiger partial charge on any atom is -0.472 e. The predicted molar refractivity (Wildman–Crippen MR) is 66.8 cm³/mol. The molecule has 0 aromatic carbocycles. The van der Waals surface area contributed by atoms with Crippen molar-refractivity contribution in [3.63, 3.8) is 0 Å². The standard InChI is InChI=1S/C14H17NO3/c1-2-18-14(16)15-5-3-4-10-6-11-8-17-9-12(11)7-13(10)15/h7-10H,2-6H2,1H3. The number of carbonyl (C=O) groups excluding carboxylic acids is 1. The van der Waals surface area contributed by atoms with Crippen LogP contribution in [0.4, 0.5) is 4.79 Å². The van der Waals surface area contributed by atoms with Gasteiger partial charge in [-0.3, -0.25) is 4.90 Å². The summed E-state index contributed by atoms with van der Waals surface area (Å²) in [4.78, 5) is 13.7. The second-order valence-corrected chi connectivity index (χ2v) is 4.82. The number of rotatable bonds is 1. The number of piperidine rings is 1. The molecule has 4 heteroatoms. The fraction of sp³-hybridized carbons (Fsp3) is 0.500. The van der Waals surface area contributed by atoms with E-state index in [1.165, 1.54) is 5.56 Å². The Morgan fingerprint density at radius 2 is 2.44 bits per heavy atom. The third-order valence-corrected chi connectivity index (χ3v) is 3.70. The average Bonchev–Trinajstić information content (AvgIpc) is 2.82. The smallest absolute Gasteiger partial charge is 0.414 e. The van der Waals surface area contributed by atoms with Crippen LogP contribution in [0.1, 0.15) is 30.9 Å². The molecular formula is C14H17NO3. The number of nitrogens with zero attached hydrogens (tertiary/aromatic N) is 1. The minimum atomic E-state index is -0.222. The first-order chi connectivity index (χ1) is 8.79. The molecule has 1 aliphatic heterocycles. The second kappa shape index (κ2) is 4.52. The van der Waals surface area contributed by atoms with E-state index >= 15 is 0 Å².